The molecule has 1 atom stereocenters. The number of benzene rings is 1. The Morgan fingerprint density at radius 2 is 1.83 bits per heavy atom. The summed E-state index contributed by atoms with van der Waals surface area (Å²) in [6.45, 7) is 5.46. The van der Waals surface area contributed by atoms with E-state index in [1.165, 1.54) is 4.90 Å². The Kier molecular flexibility index (Phi) is 5.58. The Bertz CT molecular complexity index is 557. The highest BCUT2D eigenvalue weighted by atomic mass is 19.4. The fraction of sp³-hybridized carbons (Fsp3) is 0.611. The molecule has 1 heterocycles. The monoisotopic (exact) mass is 342 g/mol. The highest BCUT2D eigenvalue weighted by Crippen LogP contribution is 2.26. The maximum absolute atomic E-state index is 12.8. The molecule has 0 aromatic heterocycles. The van der Waals surface area contributed by atoms with E-state index in [1.54, 1.807) is 4.90 Å². The average Bonchev–Trinajstić information content (AvgIpc) is 2.45. The fourth-order valence-corrected chi connectivity index (χ4v) is 3.37. The third kappa shape index (κ3) is 4.97. The van der Waals surface area contributed by atoms with Gasteiger partial charge in [0, 0.05) is 31.1 Å². The number of nitrogens with zero attached hydrogens (tertiary/aromatic N) is 2. The fourth-order valence-electron chi connectivity index (χ4n) is 3.37. The Hall–Kier alpha value is -1.56. The van der Waals surface area contributed by atoms with Gasteiger partial charge in [0.25, 0.3) is 0 Å². The van der Waals surface area contributed by atoms with Gasteiger partial charge in [-0.15, -0.1) is 0 Å². The van der Waals surface area contributed by atoms with Crippen LogP contribution >= 0.6 is 0 Å². The van der Waals surface area contributed by atoms with Crippen molar-refractivity contribution in [2.45, 2.75) is 38.9 Å². The zero-order chi connectivity index (χ0) is 18.0. The number of hydrogen-bond acceptors (Lipinski definition) is 2. The first-order valence-corrected chi connectivity index (χ1v) is 8.23. The molecule has 2 rings (SSSR count). The third-order valence-corrected chi connectivity index (χ3v) is 4.46. The predicted octanol–water partition coefficient (Wildman–Crippen LogP) is 3.35. The van der Waals surface area contributed by atoms with E-state index in [9.17, 15) is 18.0 Å². The molecular formula is C18H25F3N2O. The lowest BCUT2D eigenvalue weighted by Gasteiger charge is -2.48. The summed E-state index contributed by atoms with van der Waals surface area (Å²) in [5.74, 6) is -0.184. The van der Waals surface area contributed by atoms with Crippen molar-refractivity contribution in [2.24, 2.45) is 5.92 Å². The van der Waals surface area contributed by atoms with Crippen LogP contribution in [-0.4, -0.2) is 53.6 Å². The van der Waals surface area contributed by atoms with Gasteiger partial charge in [-0.1, -0.05) is 37.3 Å². The quantitative estimate of drug-likeness (QED) is 0.838. The Morgan fingerprint density at radius 1 is 1.21 bits per heavy atom. The van der Waals surface area contributed by atoms with Gasteiger partial charge >= 0.3 is 6.18 Å². The molecule has 1 aromatic carbocycles. The van der Waals surface area contributed by atoms with Crippen molar-refractivity contribution >= 4 is 5.91 Å². The lowest BCUT2D eigenvalue weighted by Crippen LogP contribution is -2.62. The van der Waals surface area contributed by atoms with Crippen molar-refractivity contribution in [3.63, 3.8) is 0 Å². The maximum Gasteiger partial charge on any atom is 0.401 e. The zero-order valence-electron chi connectivity index (χ0n) is 14.4. The van der Waals surface area contributed by atoms with Crippen molar-refractivity contribution in [1.29, 1.82) is 0 Å². The van der Waals surface area contributed by atoms with Crippen LogP contribution in [0.5, 0.6) is 0 Å². The molecule has 1 aliphatic heterocycles. The molecule has 0 radical (unpaired) electrons. The van der Waals surface area contributed by atoms with Crippen LogP contribution < -0.4 is 0 Å². The van der Waals surface area contributed by atoms with E-state index < -0.39 is 18.3 Å². The summed E-state index contributed by atoms with van der Waals surface area (Å²) >= 11 is 0. The Balaban J connectivity index is 1.99. The minimum atomic E-state index is -4.21. The van der Waals surface area contributed by atoms with Gasteiger partial charge in [-0.05, 0) is 25.8 Å². The topological polar surface area (TPSA) is 23.6 Å². The molecule has 1 saturated heterocycles. The van der Waals surface area contributed by atoms with Gasteiger partial charge in [-0.25, -0.2) is 0 Å². The summed E-state index contributed by atoms with van der Waals surface area (Å²) in [4.78, 5) is 15.9. The minimum Gasteiger partial charge on any atom is -0.335 e. The molecule has 0 spiro atoms. The number of amides is 1. The number of alkyl halides is 3. The van der Waals surface area contributed by atoms with Crippen LogP contribution in [0, 0.1) is 5.92 Å². The van der Waals surface area contributed by atoms with Crippen LogP contribution in [0.25, 0.3) is 0 Å². The third-order valence-electron chi connectivity index (χ3n) is 4.46. The number of halogens is 3. The van der Waals surface area contributed by atoms with Gasteiger partial charge in [-0.3, -0.25) is 9.69 Å². The standard InChI is InChI=1S/C18H25F3N2O/c1-14(11-15-7-5-4-6-8-15)16(24)23-10-9-22(12-17(23,2)3)13-18(19,20)21/h4-8,14H,9-13H2,1-3H3/t14-/m1/s1. The number of carbonyl (C=O) groups excluding carboxylic acids is 1. The highest BCUT2D eigenvalue weighted by molar-refractivity contribution is 5.79. The first-order chi connectivity index (χ1) is 11.1. The van der Waals surface area contributed by atoms with Crippen molar-refractivity contribution in [3.8, 4) is 0 Å². The molecule has 1 fully saturated rings. The summed E-state index contributed by atoms with van der Waals surface area (Å²) in [6, 6.07) is 9.77. The van der Waals surface area contributed by atoms with Crippen molar-refractivity contribution in [2.75, 3.05) is 26.2 Å². The molecule has 1 aliphatic rings. The maximum atomic E-state index is 12.8. The molecule has 1 aromatic rings. The summed E-state index contributed by atoms with van der Waals surface area (Å²) in [5, 5.41) is 0. The van der Waals surface area contributed by atoms with Gasteiger partial charge in [0.15, 0.2) is 0 Å². The molecular weight excluding hydrogens is 317 g/mol. The lowest BCUT2D eigenvalue weighted by molar-refractivity contribution is -0.161. The van der Waals surface area contributed by atoms with Gasteiger partial charge in [-0.2, -0.15) is 13.2 Å². The van der Waals surface area contributed by atoms with Crippen LogP contribution in [0.1, 0.15) is 26.3 Å². The molecule has 24 heavy (non-hydrogen) atoms. The minimum absolute atomic E-state index is 0.00973. The predicted molar refractivity (Wildman–Crippen MR) is 87.6 cm³/mol. The molecule has 0 bridgehead atoms. The normalized spacial score (nSPS) is 20.0. The van der Waals surface area contributed by atoms with E-state index in [1.807, 2.05) is 51.1 Å². The Labute approximate surface area is 141 Å². The Morgan fingerprint density at radius 3 is 2.38 bits per heavy atom. The van der Waals surface area contributed by atoms with Gasteiger partial charge in [0.05, 0.1) is 6.54 Å². The van der Waals surface area contributed by atoms with Crippen LogP contribution in [0.15, 0.2) is 30.3 Å². The van der Waals surface area contributed by atoms with Crippen LogP contribution in [0.2, 0.25) is 0 Å². The van der Waals surface area contributed by atoms with Crippen LogP contribution in [0.4, 0.5) is 13.2 Å². The van der Waals surface area contributed by atoms with E-state index in [0.29, 0.717) is 13.0 Å². The largest absolute Gasteiger partial charge is 0.401 e. The van der Waals surface area contributed by atoms with Crippen LogP contribution in [-0.2, 0) is 11.2 Å². The molecule has 6 heteroatoms. The van der Waals surface area contributed by atoms with Crippen molar-refractivity contribution in [1.82, 2.24) is 9.80 Å². The molecule has 134 valence electrons. The molecule has 3 nitrogen and oxygen atoms in total. The summed E-state index contributed by atoms with van der Waals surface area (Å²) in [7, 11) is 0. The molecule has 1 amide bonds. The second-order valence-electron chi connectivity index (χ2n) is 7.22. The second kappa shape index (κ2) is 7.13. The molecule has 0 unspecified atom stereocenters. The van der Waals surface area contributed by atoms with Crippen LogP contribution in [0.3, 0.4) is 0 Å². The summed E-state index contributed by atoms with van der Waals surface area (Å²) in [6.07, 6.45) is -3.57. The highest BCUT2D eigenvalue weighted by Gasteiger charge is 2.41. The van der Waals surface area contributed by atoms with E-state index in [4.69, 9.17) is 0 Å². The lowest BCUT2D eigenvalue weighted by atomic mass is 9.93. The van der Waals surface area contributed by atoms with E-state index >= 15 is 0 Å². The smallest absolute Gasteiger partial charge is 0.335 e. The zero-order valence-corrected chi connectivity index (χ0v) is 14.4. The van der Waals surface area contributed by atoms with Gasteiger partial charge < -0.3 is 4.90 Å². The molecule has 0 N–H and O–H groups in total. The SMILES string of the molecule is C[C@H](Cc1ccccc1)C(=O)N1CCN(CC(F)(F)F)CC1(C)C. The van der Waals surface area contributed by atoms with Crippen molar-refractivity contribution < 1.29 is 18.0 Å². The summed E-state index contributed by atoms with van der Waals surface area (Å²) < 4.78 is 37.8. The van der Waals surface area contributed by atoms with Crippen molar-refractivity contribution in [3.05, 3.63) is 35.9 Å². The van der Waals surface area contributed by atoms with Gasteiger partial charge in [0.2, 0.25) is 5.91 Å². The average molecular weight is 342 g/mol. The van der Waals surface area contributed by atoms with E-state index in [-0.39, 0.29) is 24.9 Å². The first-order valence-electron chi connectivity index (χ1n) is 8.23. The molecule has 0 aliphatic carbocycles. The number of carbonyl (C=O) groups is 1. The van der Waals surface area contributed by atoms with Gasteiger partial charge in [0.1, 0.15) is 0 Å². The number of piperazine rings is 1. The summed E-state index contributed by atoms with van der Waals surface area (Å²) in [5.41, 5.74) is 0.484. The van der Waals surface area contributed by atoms with E-state index in [0.717, 1.165) is 5.56 Å². The number of hydrogen-bond donors (Lipinski definition) is 0. The van der Waals surface area contributed by atoms with E-state index in [2.05, 4.69) is 0 Å². The number of rotatable bonds is 4. The first kappa shape index (κ1) is 18.8. The molecule has 0 saturated carbocycles. The second-order valence-corrected chi connectivity index (χ2v) is 7.22.